The molecule has 0 aliphatic rings. The molecule has 2 aromatic rings. The van der Waals surface area contributed by atoms with Crippen molar-refractivity contribution >= 4 is 5.91 Å². The number of halogens is 3. The van der Waals surface area contributed by atoms with E-state index < -0.39 is 17.6 Å². The SMILES string of the molecule is CC(NC(=O)c1cccc(C(F)(F)F)c1)c1ccccc1. The largest absolute Gasteiger partial charge is 0.416 e. The van der Waals surface area contributed by atoms with Crippen molar-refractivity contribution in [2.24, 2.45) is 0 Å². The van der Waals surface area contributed by atoms with Crippen molar-refractivity contribution in [3.05, 3.63) is 71.3 Å². The lowest BCUT2D eigenvalue weighted by atomic mass is 10.1. The van der Waals surface area contributed by atoms with Gasteiger partial charge in [0.15, 0.2) is 0 Å². The first kappa shape index (κ1) is 15.1. The van der Waals surface area contributed by atoms with Crippen molar-refractivity contribution in [3.8, 4) is 0 Å². The number of nitrogens with one attached hydrogen (secondary N) is 1. The molecule has 1 N–H and O–H groups in total. The van der Waals surface area contributed by atoms with Crippen molar-refractivity contribution in [2.45, 2.75) is 19.1 Å². The van der Waals surface area contributed by atoms with Crippen molar-refractivity contribution < 1.29 is 18.0 Å². The van der Waals surface area contributed by atoms with Gasteiger partial charge in [0, 0.05) is 5.56 Å². The maximum Gasteiger partial charge on any atom is 0.416 e. The van der Waals surface area contributed by atoms with E-state index in [2.05, 4.69) is 5.32 Å². The molecule has 0 aliphatic heterocycles. The topological polar surface area (TPSA) is 29.1 Å². The van der Waals surface area contributed by atoms with Crippen LogP contribution in [0.25, 0.3) is 0 Å². The average molecular weight is 293 g/mol. The van der Waals surface area contributed by atoms with Gasteiger partial charge in [0.2, 0.25) is 0 Å². The number of hydrogen-bond donors (Lipinski definition) is 1. The molecule has 0 saturated carbocycles. The summed E-state index contributed by atoms with van der Waals surface area (Å²) < 4.78 is 37.9. The molecule has 0 bridgehead atoms. The molecule has 5 heteroatoms. The summed E-state index contributed by atoms with van der Waals surface area (Å²) in [5, 5.41) is 2.68. The second kappa shape index (κ2) is 5.99. The Balaban J connectivity index is 2.14. The molecule has 0 heterocycles. The first-order valence-electron chi connectivity index (χ1n) is 6.41. The summed E-state index contributed by atoms with van der Waals surface area (Å²) in [4.78, 5) is 12.0. The summed E-state index contributed by atoms with van der Waals surface area (Å²) >= 11 is 0. The minimum Gasteiger partial charge on any atom is -0.346 e. The highest BCUT2D eigenvalue weighted by Crippen LogP contribution is 2.29. The van der Waals surface area contributed by atoms with Crippen LogP contribution in [0, 0.1) is 0 Å². The molecule has 21 heavy (non-hydrogen) atoms. The summed E-state index contributed by atoms with van der Waals surface area (Å²) in [6.07, 6.45) is -4.46. The fourth-order valence-electron chi connectivity index (χ4n) is 1.94. The van der Waals surface area contributed by atoms with Gasteiger partial charge in [0.1, 0.15) is 0 Å². The number of rotatable bonds is 3. The van der Waals surface area contributed by atoms with Crippen molar-refractivity contribution in [1.29, 1.82) is 0 Å². The number of carbonyl (C=O) groups excluding carboxylic acids is 1. The van der Waals surface area contributed by atoms with E-state index in [4.69, 9.17) is 0 Å². The monoisotopic (exact) mass is 293 g/mol. The van der Waals surface area contributed by atoms with Gasteiger partial charge >= 0.3 is 6.18 Å². The van der Waals surface area contributed by atoms with Gasteiger partial charge in [0.25, 0.3) is 5.91 Å². The molecule has 1 amide bonds. The van der Waals surface area contributed by atoms with Crippen LogP contribution in [0.15, 0.2) is 54.6 Å². The van der Waals surface area contributed by atoms with Crippen LogP contribution >= 0.6 is 0 Å². The van der Waals surface area contributed by atoms with Crippen molar-refractivity contribution in [3.63, 3.8) is 0 Å². The van der Waals surface area contributed by atoms with Gasteiger partial charge < -0.3 is 5.32 Å². The molecule has 1 unspecified atom stereocenters. The molecule has 2 aromatic carbocycles. The van der Waals surface area contributed by atoms with Crippen molar-refractivity contribution in [1.82, 2.24) is 5.32 Å². The minimum absolute atomic E-state index is 0.00685. The molecule has 0 aromatic heterocycles. The van der Waals surface area contributed by atoms with Crippen LogP contribution in [0.3, 0.4) is 0 Å². The molecule has 110 valence electrons. The maximum atomic E-state index is 12.6. The Kier molecular flexibility index (Phi) is 4.31. The second-order valence-electron chi connectivity index (χ2n) is 4.68. The predicted molar refractivity (Wildman–Crippen MR) is 73.8 cm³/mol. The lowest BCUT2D eigenvalue weighted by Crippen LogP contribution is -2.26. The van der Waals surface area contributed by atoms with E-state index in [1.807, 2.05) is 30.3 Å². The van der Waals surface area contributed by atoms with Gasteiger partial charge in [-0.3, -0.25) is 4.79 Å². The Morgan fingerprint density at radius 1 is 1.05 bits per heavy atom. The standard InChI is InChI=1S/C16H14F3NO/c1-11(12-6-3-2-4-7-12)20-15(21)13-8-5-9-14(10-13)16(17,18)19/h2-11H,1H3,(H,20,21). The zero-order valence-corrected chi connectivity index (χ0v) is 11.3. The highest BCUT2D eigenvalue weighted by atomic mass is 19.4. The van der Waals surface area contributed by atoms with Crippen molar-refractivity contribution in [2.75, 3.05) is 0 Å². The zero-order valence-electron chi connectivity index (χ0n) is 11.3. The van der Waals surface area contributed by atoms with E-state index in [0.717, 1.165) is 17.7 Å². The molecule has 0 fully saturated rings. The highest BCUT2D eigenvalue weighted by Gasteiger charge is 2.30. The molecular formula is C16H14F3NO. The van der Waals surface area contributed by atoms with E-state index in [9.17, 15) is 18.0 Å². The molecule has 1 atom stereocenters. The molecule has 0 saturated heterocycles. The Labute approximate surface area is 120 Å². The van der Waals surface area contributed by atoms with Gasteiger partial charge in [-0.05, 0) is 30.7 Å². The smallest absolute Gasteiger partial charge is 0.346 e. The Bertz CT molecular complexity index is 623. The first-order valence-corrected chi connectivity index (χ1v) is 6.41. The van der Waals surface area contributed by atoms with Gasteiger partial charge in [0.05, 0.1) is 11.6 Å². The summed E-state index contributed by atoms with van der Waals surface area (Å²) in [6, 6.07) is 13.3. The predicted octanol–water partition coefficient (Wildman–Crippen LogP) is 4.20. The lowest BCUT2D eigenvalue weighted by molar-refractivity contribution is -0.137. The van der Waals surface area contributed by atoms with E-state index in [1.54, 1.807) is 6.92 Å². The minimum atomic E-state index is -4.46. The fourth-order valence-corrected chi connectivity index (χ4v) is 1.94. The zero-order chi connectivity index (χ0) is 15.5. The maximum absolute atomic E-state index is 12.6. The Morgan fingerprint density at radius 3 is 2.33 bits per heavy atom. The third-order valence-corrected chi connectivity index (χ3v) is 3.10. The van der Waals surface area contributed by atoms with Gasteiger partial charge in [-0.25, -0.2) is 0 Å². The van der Waals surface area contributed by atoms with Crippen LogP contribution in [0.2, 0.25) is 0 Å². The van der Waals surface area contributed by atoms with Crippen LogP contribution in [0.5, 0.6) is 0 Å². The third kappa shape index (κ3) is 3.84. The van der Waals surface area contributed by atoms with Gasteiger partial charge in [-0.2, -0.15) is 13.2 Å². The normalized spacial score (nSPS) is 12.8. The van der Waals surface area contributed by atoms with Gasteiger partial charge in [-0.15, -0.1) is 0 Å². The number of alkyl halides is 3. The van der Waals surface area contributed by atoms with E-state index in [0.29, 0.717) is 0 Å². The molecule has 0 aliphatic carbocycles. The highest BCUT2D eigenvalue weighted by molar-refractivity contribution is 5.94. The molecular weight excluding hydrogens is 279 g/mol. The van der Waals surface area contributed by atoms with Crippen LogP contribution in [-0.2, 0) is 6.18 Å². The number of amides is 1. The third-order valence-electron chi connectivity index (χ3n) is 3.10. The fraction of sp³-hybridized carbons (Fsp3) is 0.188. The van der Waals surface area contributed by atoms with Crippen LogP contribution < -0.4 is 5.32 Å². The van der Waals surface area contributed by atoms with Crippen LogP contribution in [0.1, 0.15) is 34.5 Å². The molecule has 2 nitrogen and oxygen atoms in total. The lowest BCUT2D eigenvalue weighted by Gasteiger charge is -2.15. The average Bonchev–Trinajstić information content (AvgIpc) is 2.47. The van der Waals surface area contributed by atoms with Crippen LogP contribution in [-0.4, -0.2) is 5.91 Å². The van der Waals surface area contributed by atoms with E-state index in [-0.39, 0.29) is 11.6 Å². The number of benzene rings is 2. The number of carbonyl (C=O) groups is 1. The second-order valence-corrected chi connectivity index (χ2v) is 4.68. The van der Waals surface area contributed by atoms with Crippen LogP contribution in [0.4, 0.5) is 13.2 Å². The van der Waals surface area contributed by atoms with Gasteiger partial charge in [-0.1, -0.05) is 36.4 Å². The molecule has 0 radical (unpaired) electrons. The summed E-state index contributed by atoms with van der Waals surface area (Å²) in [5.41, 5.74) is 0.0490. The summed E-state index contributed by atoms with van der Waals surface area (Å²) in [6.45, 7) is 1.78. The number of hydrogen-bond acceptors (Lipinski definition) is 1. The Hall–Kier alpha value is -2.30. The van der Waals surface area contributed by atoms with E-state index >= 15 is 0 Å². The summed E-state index contributed by atoms with van der Waals surface area (Å²) in [5.74, 6) is -0.530. The molecule has 2 rings (SSSR count). The Morgan fingerprint density at radius 2 is 1.71 bits per heavy atom. The first-order chi connectivity index (χ1) is 9.88. The quantitative estimate of drug-likeness (QED) is 0.903. The summed E-state index contributed by atoms with van der Waals surface area (Å²) in [7, 11) is 0. The van der Waals surface area contributed by atoms with E-state index in [1.165, 1.54) is 12.1 Å². The molecule has 0 spiro atoms.